The van der Waals surface area contributed by atoms with Crippen molar-refractivity contribution >= 4 is 27.5 Å². The van der Waals surface area contributed by atoms with Crippen LogP contribution < -0.4 is 4.72 Å². The highest BCUT2D eigenvalue weighted by molar-refractivity contribution is 7.92. The first kappa shape index (κ1) is 23.3. The second kappa shape index (κ2) is 9.55. The lowest BCUT2D eigenvalue weighted by molar-refractivity contribution is -0.136. The zero-order valence-corrected chi connectivity index (χ0v) is 20.0. The number of nitrogens with zero attached hydrogens (tertiary/aromatic N) is 2. The Morgan fingerprint density at radius 3 is 2.24 bits per heavy atom. The van der Waals surface area contributed by atoms with Crippen molar-refractivity contribution in [3.63, 3.8) is 0 Å². The van der Waals surface area contributed by atoms with Crippen molar-refractivity contribution in [3.05, 3.63) is 59.2 Å². The molecule has 4 rings (SSSR count). The minimum atomic E-state index is -3.84. The number of benzene rings is 2. The number of carbonyl (C=O) groups excluding carboxylic acids is 2. The monoisotopic (exact) mass is 469 g/mol. The quantitative estimate of drug-likeness (QED) is 0.725. The number of carbonyl (C=O) groups is 2. The molecule has 0 spiro atoms. The standard InChI is InChI=1S/C25H31N3O4S/c1-18-6-5-9-21(16-18)26-33(31,32)22-11-10-19(2)23(17-22)25(30)28-14-12-27(13-15-28)24(29)20-7-3-4-8-20/h5-6,9-11,16-17,20,26H,3-4,7-8,12-15H2,1-2H3. The highest BCUT2D eigenvalue weighted by Crippen LogP contribution is 2.27. The Morgan fingerprint density at radius 1 is 0.909 bits per heavy atom. The average molecular weight is 470 g/mol. The van der Waals surface area contributed by atoms with Crippen LogP contribution in [0.5, 0.6) is 0 Å². The first-order chi connectivity index (χ1) is 15.7. The van der Waals surface area contributed by atoms with E-state index in [-0.39, 0.29) is 22.6 Å². The Hall–Kier alpha value is -2.87. The molecule has 1 saturated heterocycles. The Kier molecular flexibility index (Phi) is 6.74. The van der Waals surface area contributed by atoms with Crippen LogP contribution in [0.15, 0.2) is 47.4 Å². The van der Waals surface area contributed by atoms with E-state index in [1.54, 1.807) is 36.1 Å². The van der Waals surface area contributed by atoms with E-state index in [2.05, 4.69) is 4.72 Å². The molecule has 0 aromatic heterocycles. The fourth-order valence-electron chi connectivity index (χ4n) is 4.65. The number of piperazine rings is 1. The van der Waals surface area contributed by atoms with Gasteiger partial charge in [-0.15, -0.1) is 0 Å². The molecule has 2 amide bonds. The number of rotatable bonds is 5. The van der Waals surface area contributed by atoms with Gasteiger partial charge in [0, 0.05) is 43.3 Å². The van der Waals surface area contributed by atoms with Gasteiger partial charge in [0.1, 0.15) is 0 Å². The molecule has 1 saturated carbocycles. The molecule has 0 bridgehead atoms. The molecule has 2 aromatic rings. The maximum Gasteiger partial charge on any atom is 0.261 e. The summed E-state index contributed by atoms with van der Waals surface area (Å²) in [5.41, 5.74) is 2.52. The second-order valence-corrected chi connectivity index (χ2v) is 10.7. The number of hydrogen-bond acceptors (Lipinski definition) is 4. The molecule has 1 aliphatic carbocycles. The van der Waals surface area contributed by atoms with Crippen LogP contribution in [0.1, 0.15) is 47.2 Å². The molecule has 33 heavy (non-hydrogen) atoms. The van der Waals surface area contributed by atoms with Crippen LogP contribution in [0.4, 0.5) is 5.69 Å². The van der Waals surface area contributed by atoms with Crippen molar-refractivity contribution in [2.75, 3.05) is 30.9 Å². The third kappa shape index (κ3) is 5.21. The average Bonchev–Trinajstić information content (AvgIpc) is 3.33. The Labute approximate surface area is 195 Å². The van der Waals surface area contributed by atoms with Crippen molar-refractivity contribution in [2.45, 2.75) is 44.4 Å². The van der Waals surface area contributed by atoms with Crippen LogP contribution in [-0.4, -0.2) is 56.2 Å². The van der Waals surface area contributed by atoms with Gasteiger partial charge >= 0.3 is 0 Å². The van der Waals surface area contributed by atoms with Crippen LogP contribution in [0.3, 0.4) is 0 Å². The zero-order chi connectivity index (χ0) is 23.6. The van der Waals surface area contributed by atoms with Gasteiger partial charge in [-0.25, -0.2) is 8.42 Å². The van der Waals surface area contributed by atoms with Gasteiger partial charge in [0.2, 0.25) is 5.91 Å². The highest BCUT2D eigenvalue weighted by Gasteiger charge is 2.31. The van der Waals surface area contributed by atoms with Crippen LogP contribution in [0.2, 0.25) is 0 Å². The van der Waals surface area contributed by atoms with Gasteiger partial charge in [-0.1, -0.05) is 31.0 Å². The molecule has 1 aliphatic heterocycles. The fraction of sp³-hybridized carbons (Fsp3) is 0.440. The van der Waals surface area contributed by atoms with E-state index in [0.717, 1.165) is 36.8 Å². The normalized spacial score (nSPS) is 17.3. The molecule has 1 heterocycles. The van der Waals surface area contributed by atoms with E-state index in [9.17, 15) is 18.0 Å². The molecule has 8 heteroatoms. The lowest BCUT2D eigenvalue weighted by atomic mass is 10.1. The summed E-state index contributed by atoms with van der Waals surface area (Å²) in [6.45, 7) is 5.64. The van der Waals surface area contributed by atoms with Crippen molar-refractivity contribution in [1.29, 1.82) is 0 Å². The van der Waals surface area contributed by atoms with Gasteiger partial charge in [0.25, 0.3) is 15.9 Å². The Bertz CT molecular complexity index is 1150. The van der Waals surface area contributed by atoms with Gasteiger partial charge in [-0.3, -0.25) is 14.3 Å². The topological polar surface area (TPSA) is 86.8 Å². The van der Waals surface area contributed by atoms with Gasteiger partial charge in [-0.2, -0.15) is 0 Å². The van der Waals surface area contributed by atoms with Gasteiger partial charge in [-0.05, 0) is 62.1 Å². The minimum Gasteiger partial charge on any atom is -0.339 e. The van der Waals surface area contributed by atoms with Crippen LogP contribution >= 0.6 is 0 Å². The fourth-order valence-corrected chi connectivity index (χ4v) is 5.73. The molecule has 0 atom stereocenters. The summed E-state index contributed by atoms with van der Waals surface area (Å²) in [7, 11) is -3.84. The molecule has 2 fully saturated rings. The van der Waals surface area contributed by atoms with Crippen molar-refractivity contribution < 1.29 is 18.0 Å². The number of aryl methyl sites for hydroxylation is 2. The lowest BCUT2D eigenvalue weighted by Crippen LogP contribution is -2.51. The van der Waals surface area contributed by atoms with Crippen LogP contribution in [0.25, 0.3) is 0 Å². The third-order valence-electron chi connectivity index (χ3n) is 6.60. The molecule has 1 N–H and O–H groups in total. The van der Waals surface area contributed by atoms with E-state index in [4.69, 9.17) is 0 Å². The summed E-state index contributed by atoms with van der Waals surface area (Å²) in [6.07, 6.45) is 4.17. The number of hydrogen-bond donors (Lipinski definition) is 1. The van der Waals surface area contributed by atoms with Crippen LogP contribution in [-0.2, 0) is 14.8 Å². The van der Waals surface area contributed by atoms with E-state index in [0.29, 0.717) is 37.4 Å². The maximum atomic E-state index is 13.2. The summed E-state index contributed by atoms with van der Waals surface area (Å²) in [5, 5.41) is 0. The first-order valence-electron chi connectivity index (χ1n) is 11.5. The number of nitrogens with one attached hydrogen (secondary N) is 1. The molecular weight excluding hydrogens is 438 g/mol. The van der Waals surface area contributed by atoms with E-state index in [1.807, 2.05) is 17.9 Å². The molecule has 0 radical (unpaired) electrons. The Morgan fingerprint density at radius 2 is 1.58 bits per heavy atom. The van der Waals surface area contributed by atoms with Crippen LogP contribution in [0, 0.1) is 19.8 Å². The first-order valence-corrected chi connectivity index (χ1v) is 13.0. The number of anilines is 1. The molecular formula is C25H31N3O4S. The lowest BCUT2D eigenvalue weighted by Gasteiger charge is -2.36. The van der Waals surface area contributed by atoms with E-state index >= 15 is 0 Å². The maximum absolute atomic E-state index is 13.2. The van der Waals surface area contributed by atoms with Gasteiger partial charge in [0.05, 0.1) is 4.90 Å². The SMILES string of the molecule is Cc1cccc(NS(=O)(=O)c2ccc(C)c(C(=O)N3CCN(C(=O)C4CCCC4)CC3)c2)c1. The van der Waals surface area contributed by atoms with Crippen molar-refractivity contribution in [2.24, 2.45) is 5.92 Å². The third-order valence-corrected chi connectivity index (χ3v) is 7.98. The summed E-state index contributed by atoms with van der Waals surface area (Å²) in [6, 6.07) is 11.8. The zero-order valence-electron chi connectivity index (χ0n) is 19.2. The summed E-state index contributed by atoms with van der Waals surface area (Å²) < 4.78 is 28.5. The number of amides is 2. The van der Waals surface area contributed by atoms with Crippen molar-refractivity contribution in [3.8, 4) is 0 Å². The summed E-state index contributed by atoms with van der Waals surface area (Å²) in [4.78, 5) is 29.6. The van der Waals surface area contributed by atoms with Gasteiger partial charge in [0.15, 0.2) is 0 Å². The molecule has 2 aliphatic rings. The van der Waals surface area contributed by atoms with Crippen molar-refractivity contribution in [1.82, 2.24) is 9.80 Å². The van der Waals surface area contributed by atoms with E-state index < -0.39 is 10.0 Å². The predicted molar refractivity (Wildman–Crippen MR) is 128 cm³/mol. The molecule has 2 aromatic carbocycles. The Balaban J connectivity index is 1.46. The smallest absolute Gasteiger partial charge is 0.261 e. The predicted octanol–water partition coefficient (Wildman–Crippen LogP) is 3.58. The molecule has 176 valence electrons. The largest absolute Gasteiger partial charge is 0.339 e. The summed E-state index contributed by atoms with van der Waals surface area (Å²) >= 11 is 0. The molecule has 7 nitrogen and oxygen atoms in total. The summed E-state index contributed by atoms with van der Waals surface area (Å²) in [5.74, 6) is 0.149. The van der Waals surface area contributed by atoms with E-state index in [1.165, 1.54) is 12.1 Å². The second-order valence-electron chi connectivity index (χ2n) is 9.05. The van der Waals surface area contributed by atoms with Gasteiger partial charge < -0.3 is 9.80 Å². The number of sulfonamides is 1. The highest BCUT2D eigenvalue weighted by atomic mass is 32.2. The molecule has 0 unspecified atom stereocenters. The minimum absolute atomic E-state index is 0.0491.